The molecule has 6 nitrogen and oxygen atoms in total. The second-order valence-corrected chi connectivity index (χ2v) is 2.19. The van der Waals surface area contributed by atoms with E-state index in [4.69, 9.17) is 5.73 Å². The monoisotopic (exact) mass is 172 g/mol. The third-order valence-corrected chi connectivity index (χ3v) is 1.29. The van der Waals surface area contributed by atoms with Gasteiger partial charge in [-0.25, -0.2) is 0 Å². The number of nitro groups is 1. The topological polar surface area (TPSA) is 97.8 Å². The lowest BCUT2D eigenvalue weighted by Gasteiger charge is -1.92. The molecule has 0 saturated heterocycles. The summed E-state index contributed by atoms with van der Waals surface area (Å²) >= 11 is 4.54. The summed E-state index contributed by atoms with van der Waals surface area (Å²) in [5.74, 6) is -0.266. The van der Waals surface area contributed by atoms with Crippen LogP contribution in [0.4, 0.5) is 5.82 Å². The SMILES string of the molecule is NC(=S)c1cn[nH]c1[N+](=O)[O-]. The number of nitrogens with one attached hydrogen (secondary N) is 1. The van der Waals surface area contributed by atoms with E-state index >= 15 is 0 Å². The van der Waals surface area contributed by atoms with Crippen molar-refractivity contribution in [3.05, 3.63) is 21.9 Å². The fourth-order valence-corrected chi connectivity index (χ4v) is 0.748. The molecule has 0 aliphatic rings. The summed E-state index contributed by atoms with van der Waals surface area (Å²) in [6.45, 7) is 0. The minimum absolute atomic E-state index is 0.0366. The van der Waals surface area contributed by atoms with Gasteiger partial charge < -0.3 is 15.8 Å². The van der Waals surface area contributed by atoms with Gasteiger partial charge in [0.15, 0.2) is 0 Å². The van der Waals surface area contributed by atoms with E-state index in [9.17, 15) is 10.1 Å². The predicted octanol–water partition coefficient (Wildman–Crippen LogP) is -0.0479. The summed E-state index contributed by atoms with van der Waals surface area (Å²) < 4.78 is 0. The van der Waals surface area contributed by atoms with Crippen molar-refractivity contribution in [2.75, 3.05) is 0 Å². The van der Waals surface area contributed by atoms with Crippen LogP contribution in [0.2, 0.25) is 0 Å². The normalized spacial score (nSPS) is 9.45. The fraction of sp³-hybridized carbons (Fsp3) is 0. The molecule has 0 spiro atoms. The third kappa shape index (κ3) is 1.32. The third-order valence-electron chi connectivity index (χ3n) is 1.07. The molecule has 0 fully saturated rings. The Hall–Kier alpha value is -1.50. The van der Waals surface area contributed by atoms with Crippen LogP contribution in [0.15, 0.2) is 6.20 Å². The number of aromatic amines is 1. The maximum Gasteiger partial charge on any atom is 0.352 e. The molecule has 0 aromatic carbocycles. The van der Waals surface area contributed by atoms with Crippen LogP contribution in [0.5, 0.6) is 0 Å². The lowest BCUT2D eigenvalue weighted by Crippen LogP contribution is -2.10. The minimum Gasteiger partial charge on any atom is -0.389 e. The number of H-pyrrole nitrogens is 1. The first-order chi connectivity index (χ1) is 5.13. The van der Waals surface area contributed by atoms with E-state index in [2.05, 4.69) is 22.4 Å². The standard InChI is InChI=1S/C4H4N4O2S/c5-3(11)2-1-6-7-4(2)8(9)10/h1H,(H2,5,11)(H,6,7). The van der Waals surface area contributed by atoms with Crippen LogP contribution in [0.25, 0.3) is 0 Å². The molecule has 0 saturated carbocycles. The first-order valence-corrected chi connectivity index (χ1v) is 3.01. The van der Waals surface area contributed by atoms with Crippen molar-refractivity contribution in [3.63, 3.8) is 0 Å². The summed E-state index contributed by atoms with van der Waals surface area (Å²) in [5.41, 5.74) is 5.32. The fourth-order valence-electron chi connectivity index (χ4n) is 0.599. The molecule has 3 N–H and O–H groups in total. The quantitative estimate of drug-likeness (QED) is 0.370. The minimum atomic E-state index is -0.624. The Morgan fingerprint density at radius 2 is 2.55 bits per heavy atom. The van der Waals surface area contributed by atoms with Gasteiger partial charge in [0.2, 0.25) is 0 Å². The van der Waals surface area contributed by atoms with Gasteiger partial charge in [0.25, 0.3) is 0 Å². The lowest BCUT2D eigenvalue weighted by atomic mass is 10.3. The molecule has 0 aliphatic carbocycles. The number of thiocarbonyl (C=S) groups is 1. The van der Waals surface area contributed by atoms with Gasteiger partial charge in [-0.15, -0.1) is 5.10 Å². The lowest BCUT2D eigenvalue weighted by molar-refractivity contribution is -0.389. The summed E-state index contributed by atoms with van der Waals surface area (Å²) in [4.78, 5) is 9.55. The zero-order valence-electron chi connectivity index (χ0n) is 5.27. The van der Waals surface area contributed by atoms with Gasteiger partial charge in [0.05, 0.1) is 6.20 Å². The van der Waals surface area contributed by atoms with E-state index in [1.54, 1.807) is 0 Å². The number of hydrogen-bond acceptors (Lipinski definition) is 4. The molecule has 1 aromatic heterocycles. The molecule has 7 heteroatoms. The molecule has 1 rings (SSSR count). The van der Waals surface area contributed by atoms with E-state index in [0.29, 0.717) is 0 Å². The molecule has 0 atom stereocenters. The Morgan fingerprint density at radius 3 is 2.91 bits per heavy atom. The van der Waals surface area contributed by atoms with Crippen LogP contribution < -0.4 is 5.73 Å². The number of nitrogens with zero attached hydrogens (tertiary/aromatic N) is 2. The summed E-state index contributed by atoms with van der Waals surface area (Å²) in [6, 6.07) is 0. The predicted molar refractivity (Wildman–Crippen MR) is 41.1 cm³/mol. The molecule has 0 amide bonds. The van der Waals surface area contributed by atoms with Gasteiger partial charge >= 0.3 is 5.82 Å². The van der Waals surface area contributed by atoms with Crippen molar-refractivity contribution in [3.8, 4) is 0 Å². The number of nitrogens with two attached hydrogens (primary N) is 1. The zero-order chi connectivity index (χ0) is 8.43. The number of rotatable bonds is 2. The maximum absolute atomic E-state index is 10.2. The van der Waals surface area contributed by atoms with E-state index < -0.39 is 4.92 Å². The van der Waals surface area contributed by atoms with Crippen LogP contribution in [0, 0.1) is 10.1 Å². The van der Waals surface area contributed by atoms with Gasteiger partial charge in [0.1, 0.15) is 10.6 Å². The van der Waals surface area contributed by atoms with Gasteiger partial charge in [0, 0.05) is 0 Å². The molecule has 11 heavy (non-hydrogen) atoms. The van der Waals surface area contributed by atoms with Crippen molar-refractivity contribution in [1.82, 2.24) is 10.2 Å². The Labute approximate surface area is 66.5 Å². The maximum atomic E-state index is 10.2. The van der Waals surface area contributed by atoms with E-state index in [1.807, 2.05) is 0 Å². The molecular formula is C4H4N4O2S. The Balaban J connectivity index is 3.16. The van der Waals surface area contributed by atoms with E-state index in [0.717, 1.165) is 0 Å². The highest BCUT2D eigenvalue weighted by Gasteiger charge is 2.16. The van der Waals surface area contributed by atoms with Crippen molar-refractivity contribution in [2.45, 2.75) is 0 Å². The zero-order valence-corrected chi connectivity index (χ0v) is 6.09. The van der Waals surface area contributed by atoms with Crippen LogP contribution in [-0.2, 0) is 0 Å². The van der Waals surface area contributed by atoms with Crippen LogP contribution in [0.3, 0.4) is 0 Å². The second-order valence-electron chi connectivity index (χ2n) is 1.75. The van der Waals surface area contributed by atoms with Gasteiger partial charge in [-0.3, -0.25) is 0 Å². The summed E-state index contributed by atoms with van der Waals surface area (Å²) in [7, 11) is 0. The van der Waals surface area contributed by atoms with Crippen molar-refractivity contribution in [1.29, 1.82) is 0 Å². The van der Waals surface area contributed by atoms with Crippen molar-refractivity contribution >= 4 is 23.0 Å². The van der Waals surface area contributed by atoms with Gasteiger partial charge in [-0.05, 0) is 4.92 Å². The molecule has 0 unspecified atom stereocenters. The molecule has 1 aromatic rings. The molecule has 0 radical (unpaired) electrons. The molecular weight excluding hydrogens is 168 g/mol. The first-order valence-electron chi connectivity index (χ1n) is 2.60. The van der Waals surface area contributed by atoms with E-state index in [-0.39, 0.29) is 16.4 Å². The van der Waals surface area contributed by atoms with Crippen molar-refractivity contribution in [2.24, 2.45) is 5.73 Å². The smallest absolute Gasteiger partial charge is 0.352 e. The highest BCUT2D eigenvalue weighted by atomic mass is 32.1. The number of hydrogen-bond donors (Lipinski definition) is 2. The van der Waals surface area contributed by atoms with Crippen molar-refractivity contribution < 1.29 is 4.92 Å². The average Bonchev–Trinajstić information content (AvgIpc) is 2.32. The second kappa shape index (κ2) is 2.62. The van der Waals surface area contributed by atoms with E-state index in [1.165, 1.54) is 6.20 Å². The molecule has 0 bridgehead atoms. The van der Waals surface area contributed by atoms with Crippen LogP contribution in [-0.4, -0.2) is 20.1 Å². The Kier molecular flexibility index (Phi) is 1.81. The van der Waals surface area contributed by atoms with Gasteiger partial charge in [-0.2, -0.15) is 0 Å². The largest absolute Gasteiger partial charge is 0.389 e. The van der Waals surface area contributed by atoms with Gasteiger partial charge in [-0.1, -0.05) is 17.3 Å². The Bertz CT molecular complexity index is 278. The average molecular weight is 172 g/mol. The highest BCUT2D eigenvalue weighted by molar-refractivity contribution is 7.80. The molecule has 58 valence electrons. The first kappa shape index (κ1) is 7.61. The van der Waals surface area contributed by atoms with Crippen LogP contribution in [0.1, 0.15) is 5.56 Å². The molecule has 1 heterocycles. The van der Waals surface area contributed by atoms with Crippen LogP contribution >= 0.6 is 12.2 Å². The number of aromatic nitrogens is 2. The Morgan fingerprint density at radius 1 is 1.91 bits per heavy atom. The summed E-state index contributed by atoms with van der Waals surface area (Å²) in [6.07, 6.45) is 1.22. The highest BCUT2D eigenvalue weighted by Crippen LogP contribution is 2.12. The molecule has 0 aliphatic heterocycles. The summed E-state index contributed by atoms with van der Waals surface area (Å²) in [5, 5.41) is 15.8.